The fourth-order valence-corrected chi connectivity index (χ4v) is 5.83. The summed E-state index contributed by atoms with van der Waals surface area (Å²) < 4.78 is 0.401. The Morgan fingerprint density at radius 3 is 1.11 bits per heavy atom. The van der Waals surface area contributed by atoms with E-state index in [9.17, 15) is 9.90 Å². The number of hydrogen-bond acceptors (Lipinski definition) is 3. The quantitative estimate of drug-likeness (QED) is 0.0637. The highest BCUT2D eigenvalue weighted by Crippen LogP contribution is 2.30. The number of carboxylic acid groups (broad SMARTS) is 1. The highest BCUT2D eigenvalue weighted by molar-refractivity contribution is 5.74. The van der Waals surface area contributed by atoms with Crippen molar-refractivity contribution in [2.45, 2.75) is 168 Å². The van der Waals surface area contributed by atoms with Crippen molar-refractivity contribution in [3.63, 3.8) is 0 Å². The molecule has 0 rings (SSSR count). The lowest BCUT2D eigenvalue weighted by atomic mass is 9.96. The molecule has 0 amide bonds. The predicted molar refractivity (Wildman–Crippen MR) is 156 cm³/mol. The van der Waals surface area contributed by atoms with Crippen molar-refractivity contribution in [3.05, 3.63) is 0 Å². The molecule has 0 aromatic carbocycles. The van der Waals surface area contributed by atoms with E-state index in [0.29, 0.717) is 10.9 Å². The first-order valence-corrected chi connectivity index (χ1v) is 16.1. The molecule has 0 aromatic rings. The number of quaternary nitrogens is 1. The Morgan fingerprint density at radius 2 is 0.861 bits per heavy atom. The first kappa shape index (κ1) is 35.4. The zero-order valence-corrected chi connectivity index (χ0v) is 25.7. The van der Waals surface area contributed by atoms with Crippen LogP contribution in [0.3, 0.4) is 0 Å². The highest BCUT2D eigenvalue weighted by atomic mass is 16.4. The smallest absolute Gasteiger partial charge is 0.195 e. The first-order valence-electron chi connectivity index (χ1n) is 16.1. The van der Waals surface area contributed by atoms with Gasteiger partial charge in [-0.1, -0.05) is 136 Å². The third kappa shape index (κ3) is 15.0. The second-order valence-corrected chi connectivity index (χ2v) is 12.2. The summed E-state index contributed by atoms with van der Waals surface area (Å²) in [4.78, 5) is 15.0. The Kier molecular flexibility index (Phi) is 22.0. The fraction of sp³-hybridized carbons (Fsp3) is 0.969. The Hall–Kier alpha value is -0.610. The molecule has 0 saturated heterocycles. The zero-order chi connectivity index (χ0) is 27.1. The van der Waals surface area contributed by atoms with Gasteiger partial charge in [-0.3, -0.25) is 0 Å². The molecular formula is C32H66N2O2. The summed E-state index contributed by atoms with van der Waals surface area (Å²) >= 11 is 0. The van der Waals surface area contributed by atoms with Gasteiger partial charge < -0.3 is 14.4 Å². The van der Waals surface area contributed by atoms with E-state index < -0.39 is 11.6 Å². The van der Waals surface area contributed by atoms with E-state index in [1.54, 1.807) is 0 Å². The molecule has 0 N–H and O–H groups in total. The molecule has 4 nitrogen and oxygen atoms in total. The van der Waals surface area contributed by atoms with E-state index in [-0.39, 0.29) is 0 Å². The third-order valence-electron chi connectivity index (χ3n) is 8.12. The molecule has 0 aliphatic carbocycles. The van der Waals surface area contributed by atoms with E-state index >= 15 is 0 Å². The van der Waals surface area contributed by atoms with Crippen molar-refractivity contribution in [1.82, 2.24) is 4.90 Å². The molecule has 36 heavy (non-hydrogen) atoms. The largest absolute Gasteiger partial charge is 0.543 e. The summed E-state index contributed by atoms with van der Waals surface area (Å²) in [5, 5.41) is 12.7. The number of carbonyl (C=O) groups excluding carboxylic acids is 1. The van der Waals surface area contributed by atoms with Gasteiger partial charge in [-0.15, -0.1) is 0 Å². The normalized spacial score (nSPS) is 13.9. The number of hydrogen-bond donors (Lipinski definition) is 0. The summed E-state index contributed by atoms with van der Waals surface area (Å²) in [6, 6.07) is 0. The van der Waals surface area contributed by atoms with Crippen molar-refractivity contribution >= 4 is 5.97 Å². The van der Waals surface area contributed by atoms with Crippen LogP contribution in [0.25, 0.3) is 0 Å². The molecule has 0 radical (unpaired) electrons. The Bertz CT molecular complexity index is 479. The van der Waals surface area contributed by atoms with Crippen LogP contribution in [0.15, 0.2) is 0 Å². The van der Waals surface area contributed by atoms with Crippen LogP contribution in [-0.2, 0) is 4.79 Å². The Labute approximate surface area is 227 Å². The van der Waals surface area contributed by atoms with Gasteiger partial charge in [-0.05, 0) is 19.3 Å². The van der Waals surface area contributed by atoms with Crippen molar-refractivity contribution in [3.8, 4) is 0 Å². The van der Waals surface area contributed by atoms with Gasteiger partial charge in [0.15, 0.2) is 5.66 Å². The molecule has 0 aliphatic rings. The van der Waals surface area contributed by atoms with E-state index in [0.717, 1.165) is 32.4 Å². The van der Waals surface area contributed by atoms with Crippen LogP contribution in [-0.4, -0.2) is 55.2 Å². The van der Waals surface area contributed by atoms with E-state index in [1.807, 2.05) is 21.1 Å². The standard InChI is InChI=1S/C32H66N2O2/c1-7-10-12-14-16-18-20-22-24-26-29-33(32(28-9-3,31(35)36)34(4,5)6)30-27-25-23-21-19-17-15-13-11-8-2/h7-30H2,1-6H3. The number of aliphatic carboxylic acids is 1. The average molecular weight is 511 g/mol. The number of carboxylic acids is 1. The van der Waals surface area contributed by atoms with Gasteiger partial charge in [-0.25, -0.2) is 4.90 Å². The van der Waals surface area contributed by atoms with Gasteiger partial charge in [0.05, 0.1) is 21.1 Å². The topological polar surface area (TPSA) is 43.4 Å². The molecule has 0 heterocycles. The van der Waals surface area contributed by atoms with Crippen LogP contribution in [0.4, 0.5) is 0 Å². The summed E-state index contributed by atoms with van der Waals surface area (Å²) in [6.45, 7) is 8.39. The molecule has 0 bridgehead atoms. The third-order valence-corrected chi connectivity index (χ3v) is 8.12. The summed E-state index contributed by atoms with van der Waals surface area (Å²) in [7, 11) is 6.11. The predicted octanol–water partition coefficient (Wildman–Crippen LogP) is 8.08. The Morgan fingerprint density at radius 1 is 0.556 bits per heavy atom. The van der Waals surface area contributed by atoms with Crippen LogP contribution in [0, 0.1) is 0 Å². The second kappa shape index (κ2) is 22.4. The minimum absolute atomic E-state index is 0.401. The lowest BCUT2D eigenvalue weighted by Crippen LogP contribution is -2.74. The van der Waals surface area contributed by atoms with E-state index in [4.69, 9.17) is 0 Å². The highest BCUT2D eigenvalue weighted by Gasteiger charge is 2.48. The van der Waals surface area contributed by atoms with Gasteiger partial charge in [0.2, 0.25) is 0 Å². The minimum Gasteiger partial charge on any atom is -0.543 e. The van der Waals surface area contributed by atoms with Crippen LogP contribution in [0.2, 0.25) is 0 Å². The lowest BCUT2D eigenvalue weighted by molar-refractivity contribution is -0.930. The van der Waals surface area contributed by atoms with Gasteiger partial charge in [-0.2, -0.15) is 0 Å². The van der Waals surface area contributed by atoms with Crippen molar-refractivity contribution in [1.29, 1.82) is 0 Å². The summed E-state index contributed by atoms with van der Waals surface area (Å²) in [5.74, 6) is -0.893. The van der Waals surface area contributed by atoms with Gasteiger partial charge in [0.1, 0.15) is 5.97 Å². The van der Waals surface area contributed by atoms with Crippen molar-refractivity contribution in [2.75, 3.05) is 34.2 Å². The number of nitrogens with zero attached hydrogens (tertiary/aromatic N) is 2. The van der Waals surface area contributed by atoms with Crippen molar-refractivity contribution in [2.24, 2.45) is 0 Å². The van der Waals surface area contributed by atoms with Crippen LogP contribution in [0.5, 0.6) is 0 Å². The van der Waals surface area contributed by atoms with E-state index in [2.05, 4.69) is 25.7 Å². The molecule has 216 valence electrons. The number of likely N-dealkylation sites (N-methyl/N-ethyl adjacent to an activating group) is 1. The summed E-state index contributed by atoms with van der Waals surface area (Å²) in [5.41, 5.74) is -0.937. The minimum atomic E-state index is -0.937. The van der Waals surface area contributed by atoms with Crippen molar-refractivity contribution < 1.29 is 14.4 Å². The number of carbonyl (C=O) groups is 1. The maximum atomic E-state index is 12.7. The molecule has 0 fully saturated rings. The zero-order valence-electron chi connectivity index (χ0n) is 25.7. The molecule has 1 unspecified atom stereocenters. The number of rotatable bonds is 27. The Balaban J connectivity index is 4.69. The van der Waals surface area contributed by atoms with E-state index in [1.165, 1.54) is 116 Å². The lowest BCUT2D eigenvalue weighted by Gasteiger charge is -2.53. The number of unbranched alkanes of at least 4 members (excludes halogenated alkanes) is 18. The van der Waals surface area contributed by atoms with Gasteiger partial charge in [0, 0.05) is 19.5 Å². The average Bonchev–Trinajstić information content (AvgIpc) is 2.82. The molecule has 1 atom stereocenters. The molecule has 4 heteroatoms. The van der Waals surface area contributed by atoms with Gasteiger partial charge in [0.25, 0.3) is 0 Å². The molecule has 0 spiro atoms. The van der Waals surface area contributed by atoms with Crippen LogP contribution in [0.1, 0.15) is 162 Å². The maximum absolute atomic E-state index is 12.7. The van der Waals surface area contributed by atoms with Crippen LogP contribution < -0.4 is 5.11 Å². The SMILES string of the molecule is CCCCCCCCCCCCN(CCCCCCCCCCCC)C(CCC)(C(=O)[O-])[N+](C)(C)C. The van der Waals surface area contributed by atoms with Crippen LogP contribution >= 0.6 is 0 Å². The first-order chi connectivity index (χ1) is 17.3. The van der Waals surface area contributed by atoms with Gasteiger partial charge >= 0.3 is 0 Å². The summed E-state index contributed by atoms with van der Waals surface area (Å²) in [6.07, 6.45) is 27.6. The maximum Gasteiger partial charge on any atom is 0.195 e. The molecule has 0 aromatic heterocycles. The monoisotopic (exact) mass is 511 g/mol. The molecule has 0 aliphatic heterocycles. The molecular weight excluding hydrogens is 444 g/mol. The second-order valence-electron chi connectivity index (χ2n) is 12.2. The fourth-order valence-electron chi connectivity index (χ4n) is 5.83. The molecule has 0 saturated carbocycles.